The van der Waals surface area contributed by atoms with Crippen LogP contribution < -0.4 is 0 Å². The van der Waals surface area contributed by atoms with Gasteiger partial charge in [-0.3, -0.25) is 0 Å². The fourth-order valence-corrected chi connectivity index (χ4v) is 3.77. The summed E-state index contributed by atoms with van der Waals surface area (Å²) in [7, 11) is 0. The Labute approximate surface area is 138 Å². The van der Waals surface area contributed by atoms with Gasteiger partial charge in [0.2, 0.25) is 0 Å². The van der Waals surface area contributed by atoms with Gasteiger partial charge in [0.1, 0.15) is 0 Å². The number of aliphatic hydroxyl groups excluding tert-OH is 1. The minimum atomic E-state index is -0.424. The van der Waals surface area contributed by atoms with Gasteiger partial charge >= 0.3 is 0 Å². The maximum Gasteiger partial charge on any atom is 0.0960 e. The van der Waals surface area contributed by atoms with Gasteiger partial charge in [-0.1, -0.05) is 26.8 Å². The largest absolute Gasteiger partial charge is 0.390 e. The summed E-state index contributed by atoms with van der Waals surface area (Å²) in [4.78, 5) is 4.24. The molecule has 1 heterocycles. The maximum atomic E-state index is 10.0. The molecule has 0 saturated heterocycles. The van der Waals surface area contributed by atoms with Crippen LogP contribution in [-0.4, -0.2) is 34.7 Å². The summed E-state index contributed by atoms with van der Waals surface area (Å²) >= 11 is 1.58. The molecule has 4 heteroatoms. The second-order valence-corrected chi connectivity index (χ2v) is 8.35. The van der Waals surface area contributed by atoms with Gasteiger partial charge < -0.3 is 9.84 Å². The number of aliphatic hydroxyl groups is 1. The summed E-state index contributed by atoms with van der Waals surface area (Å²) in [6.45, 7) is 7.43. The number of aromatic nitrogens is 1. The Balaban J connectivity index is 1.62. The molecule has 22 heavy (non-hydrogen) atoms. The number of nitrogens with zero attached hydrogens (tertiary/aromatic N) is 1. The van der Waals surface area contributed by atoms with Crippen LogP contribution in [0.4, 0.5) is 0 Å². The van der Waals surface area contributed by atoms with E-state index in [1.807, 2.05) is 18.2 Å². The lowest BCUT2D eigenvalue weighted by Gasteiger charge is -2.37. The molecule has 0 aromatic carbocycles. The van der Waals surface area contributed by atoms with Crippen molar-refractivity contribution in [2.75, 3.05) is 12.4 Å². The molecule has 1 fully saturated rings. The van der Waals surface area contributed by atoms with Crippen LogP contribution in [0.5, 0.6) is 0 Å². The molecule has 124 valence electrons. The number of ether oxygens (including phenoxy) is 1. The van der Waals surface area contributed by atoms with Gasteiger partial charge in [0, 0.05) is 11.9 Å². The summed E-state index contributed by atoms with van der Waals surface area (Å²) in [5, 5.41) is 11.0. The Hall–Kier alpha value is -0.580. The average Bonchev–Trinajstić information content (AvgIpc) is 2.51. The first-order chi connectivity index (χ1) is 10.4. The Morgan fingerprint density at radius 2 is 2.00 bits per heavy atom. The Kier molecular flexibility index (Phi) is 6.72. The highest BCUT2D eigenvalue weighted by molar-refractivity contribution is 7.99. The summed E-state index contributed by atoms with van der Waals surface area (Å²) in [5.41, 5.74) is 0.407. The van der Waals surface area contributed by atoms with Crippen molar-refractivity contribution >= 4 is 11.8 Å². The average molecular weight is 324 g/mol. The van der Waals surface area contributed by atoms with E-state index in [2.05, 4.69) is 25.8 Å². The van der Waals surface area contributed by atoms with Gasteiger partial charge in [0.15, 0.2) is 0 Å². The number of hydrogen-bond acceptors (Lipinski definition) is 4. The molecule has 1 atom stereocenters. The monoisotopic (exact) mass is 323 g/mol. The first kappa shape index (κ1) is 17.8. The zero-order valence-corrected chi connectivity index (χ0v) is 14.8. The topological polar surface area (TPSA) is 42.4 Å². The fraction of sp³-hybridized carbons (Fsp3) is 0.722. The highest BCUT2D eigenvalue weighted by Crippen LogP contribution is 2.38. The first-order valence-corrected chi connectivity index (χ1v) is 9.27. The van der Waals surface area contributed by atoms with E-state index < -0.39 is 6.10 Å². The predicted octanol–water partition coefficient (Wildman–Crippen LogP) is 4.16. The molecule has 3 nitrogen and oxygen atoms in total. The van der Waals surface area contributed by atoms with Crippen LogP contribution in [0.15, 0.2) is 29.4 Å². The number of hydrogen-bond donors (Lipinski definition) is 1. The van der Waals surface area contributed by atoms with Crippen molar-refractivity contribution in [2.45, 2.75) is 63.7 Å². The first-order valence-electron chi connectivity index (χ1n) is 8.28. The Bertz CT molecular complexity index is 424. The normalized spacial score (nSPS) is 24.2. The standard InChI is InChI=1S/C18H29NO2S/c1-18(2,3)14-7-9-16(10-8-14)21-12-15(20)13-22-17-6-4-5-11-19-17/h4-6,11,14-16,20H,7-10,12-13H2,1-3H3. The van der Waals surface area contributed by atoms with Crippen molar-refractivity contribution in [3.05, 3.63) is 24.4 Å². The van der Waals surface area contributed by atoms with Crippen LogP contribution in [0.2, 0.25) is 0 Å². The van der Waals surface area contributed by atoms with Gasteiger partial charge in [0.25, 0.3) is 0 Å². The van der Waals surface area contributed by atoms with Crippen molar-refractivity contribution in [1.82, 2.24) is 4.98 Å². The van der Waals surface area contributed by atoms with Crippen LogP contribution in [0, 0.1) is 11.3 Å². The summed E-state index contributed by atoms with van der Waals surface area (Å²) in [5.74, 6) is 1.44. The molecule has 1 aromatic rings. The molecule has 1 saturated carbocycles. The van der Waals surface area contributed by atoms with E-state index in [1.54, 1.807) is 18.0 Å². The zero-order valence-electron chi connectivity index (χ0n) is 14.0. The fourth-order valence-electron chi connectivity index (χ4n) is 3.00. The van der Waals surface area contributed by atoms with E-state index in [1.165, 1.54) is 12.8 Å². The molecule has 1 aromatic heterocycles. The zero-order chi connectivity index (χ0) is 16.0. The predicted molar refractivity (Wildman–Crippen MR) is 92.1 cm³/mol. The SMILES string of the molecule is CC(C)(C)C1CCC(OCC(O)CSc2ccccn2)CC1. The van der Waals surface area contributed by atoms with E-state index in [4.69, 9.17) is 4.74 Å². The van der Waals surface area contributed by atoms with Gasteiger partial charge in [-0.2, -0.15) is 0 Å². The molecule has 1 aliphatic rings. The van der Waals surface area contributed by atoms with Crippen LogP contribution >= 0.6 is 11.8 Å². The minimum Gasteiger partial charge on any atom is -0.390 e. The van der Waals surface area contributed by atoms with E-state index >= 15 is 0 Å². The second-order valence-electron chi connectivity index (χ2n) is 7.31. The van der Waals surface area contributed by atoms with Gasteiger partial charge in [-0.05, 0) is 49.1 Å². The van der Waals surface area contributed by atoms with Crippen LogP contribution in [-0.2, 0) is 4.74 Å². The Morgan fingerprint density at radius 1 is 1.27 bits per heavy atom. The summed E-state index contributed by atoms with van der Waals surface area (Å²) < 4.78 is 5.91. The molecule has 1 aliphatic carbocycles. The lowest BCUT2D eigenvalue weighted by atomic mass is 9.72. The number of thioether (sulfide) groups is 1. The summed E-state index contributed by atoms with van der Waals surface area (Å²) in [6, 6.07) is 5.83. The van der Waals surface area contributed by atoms with Crippen molar-refractivity contribution < 1.29 is 9.84 Å². The second kappa shape index (κ2) is 8.32. The van der Waals surface area contributed by atoms with Crippen LogP contribution in [0.1, 0.15) is 46.5 Å². The van der Waals surface area contributed by atoms with Crippen LogP contribution in [0.3, 0.4) is 0 Å². The van der Waals surface area contributed by atoms with Crippen molar-refractivity contribution in [3.8, 4) is 0 Å². The lowest BCUT2D eigenvalue weighted by molar-refractivity contribution is -0.0308. The molecule has 0 amide bonds. The number of rotatable bonds is 6. The van der Waals surface area contributed by atoms with Gasteiger partial charge in [0.05, 0.1) is 23.8 Å². The maximum absolute atomic E-state index is 10.0. The highest BCUT2D eigenvalue weighted by atomic mass is 32.2. The van der Waals surface area contributed by atoms with Crippen molar-refractivity contribution in [3.63, 3.8) is 0 Å². The summed E-state index contributed by atoms with van der Waals surface area (Å²) in [6.07, 6.45) is 6.42. The third-order valence-corrected chi connectivity index (χ3v) is 5.57. The van der Waals surface area contributed by atoms with E-state index in [9.17, 15) is 5.11 Å². The van der Waals surface area contributed by atoms with E-state index in [-0.39, 0.29) is 0 Å². The molecular formula is C18H29NO2S. The highest BCUT2D eigenvalue weighted by Gasteiger charge is 2.30. The van der Waals surface area contributed by atoms with Gasteiger partial charge in [-0.25, -0.2) is 4.98 Å². The minimum absolute atomic E-state index is 0.327. The molecule has 0 aliphatic heterocycles. The smallest absolute Gasteiger partial charge is 0.0960 e. The molecule has 1 unspecified atom stereocenters. The van der Waals surface area contributed by atoms with E-state index in [0.29, 0.717) is 23.9 Å². The molecular weight excluding hydrogens is 294 g/mol. The van der Waals surface area contributed by atoms with Crippen LogP contribution in [0.25, 0.3) is 0 Å². The lowest BCUT2D eigenvalue weighted by Crippen LogP contribution is -2.31. The molecule has 0 radical (unpaired) electrons. The molecule has 0 spiro atoms. The molecule has 0 bridgehead atoms. The van der Waals surface area contributed by atoms with Crippen molar-refractivity contribution in [2.24, 2.45) is 11.3 Å². The quantitative estimate of drug-likeness (QED) is 0.798. The van der Waals surface area contributed by atoms with Crippen molar-refractivity contribution in [1.29, 1.82) is 0 Å². The molecule has 1 N–H and O–H groups in total. The number of pyridine rings is 1. The third-order valence-electron chi connectivity index (χ3n) is 4.48. The Morgan fingerprint density at radius 3 is 2.59 bits per heavy atom. The van der Waals surface area contributed by atoms with Gasteiger partial charge in [-0.15, -0.1) is 11.8 Å². The molecule has 2 rings (SSSR count). The van der Waals surface area contributed by atoms with E-state index in [0.717, 1.165) is 23.8 Å². The third kappa shape index (κ3) is 5.90.